The van der Waals surface area contributed by atoms with Crippen LogP contribution in [0.4, 0.5) is 4.39 Å². The molecule has 0 aromatic heterocycles. The highest BCUT2D eigenvalue weighted by atomic mass is 32.2. The molecule has 0 N–H and O–H groups in total. The lowest BCUT2D eigenvalue weighted by molar-refractivity contribution is 0.305. The highest BCUT2D eigenvalue weighted by Crippen LogP contribution is 2.33. The zero-order chi connectivity index (χ0) is 12.4. The van der Waals surface area contributed by atoms with E-state index in [0.717, 1.165) is 12.8 Å². The Hall–Kier alpha value is -0.700. The predicted octanol–water partition coefficient (Wildman–Crippen LogP) is 3.76. The van der Waals surface area contributed by atoms with Crippen molar-refractivity contribution in [2.45, 2.75) is 43.3 Å². The summed E-state index contributed by atoms with van der Waals surface area (Å²) in [6.45, 7) is 4.39. The molecule has 1 aromatic carbocycles. The van der Waals surface area contributed by atoms with Crippen molar-refractivity contribution in [3.63, 3.8) is 0 Å². The van der Waals surface area contributed by atoms with Gasteiger partial charge in [0.25, 0.3) is 0 Å². The Kier molecular flexibility index (Phi) is 3.97. The number of rotatable bonds is 2. The largest absolute Gasteiger partial charge is 0.254 e. The van der Waals surface area contributed by atoms with Crippen molar-refractivity contribution in [3.8, 4) is 0 Å². The van der Waals surface area contributed by atoms with Gasteiger partial charge in [-0.3, -0.25) is 4.21 Å². The Balaban J connectivity index is 2.17. The van der Waals surface area contributed by atoms with Gasteiger partial charge in [-0.15, -0.1) is 0 Å². The zero-order valence-electron chi connectivity index (χ0n) is 10.4. The summed E-state index contributed by atoms with van der Waals surface area (Å²) in [6, 6.07) is 6.44. The van der Waals surface area contributed by atoms with Crippen LogP contribution in [-0.4, -0.2) is 9.46 Å². The van der Waals surface area contributed by atoms with Gasteiger partial charge in [0.05, 0.1) is 15.7 Å². The monoisotopic (exact) mass is 254 g/mol. The molecule has 0 saturated heterocycles. The van der Waals surface area contributed by atoms with E-state index in [0.29, 0.717) is 16.7 Å². The predicted molar refractivity (Wildman–Crippen MR) is 68.8 cm³/mol. The van der Waals surface area contributed by atoms with Crippen LogP contribution in [0.5, 0.6) is 0 Å². The van der Waals surface area contributed by atoms with Gasteiger partial charge in [-0.25, -0.2) is 4.39 Å². The van der Waals surface area contributed by atoms with Crippen molar-refractivity contribution >= 4 is 10.8 Å². The Bertz CT molecular complexity index is 408. The second kappa shape index (κ2) is 5.30. The van der Waals surface area contributed by atoms with Crippen molar-refractivity contribution in [1.82, 2.24) is 0 Å². The fourth-order valence-corrected chi connectivity index (χ4v) is 4.67. The first kappa shape index (κ1) is 12.7. The van der Waals surface area contributed by atoms with Gasteiger partial charge < -0.3 is 0 Å². The summed E-state index contributed by atoms with van der Waals surface area (Å²) in [4.78, 5) is 0.374. The van der Waals surface area contributed by atoms with Crippen LogP contribution in [0.15, 0.2) is 29.2 Å². The average Bonchev–Trinajstić information content (AvgIpc) is 2.27. The van der Waals surface area contributed by atoms with E-state index in [1.165, 1.54) is 12.5 Å². The van der Waals surface area contributed by atoms with E-state index in [4.69, 9.17) is 0 Å². The van der Waals surface area contributed by atoms with Gasteiger partial charge in [-0.1, -0.05) is 26.0 Å². The van der Waals surface area contributed by atoms with Crippen LogP contribution < -0.4 is 0 Å². The van der Waals surface area contributed by atoms with Gasteiger partial charge in [0.2, 0.25) is 0 Å². The third-order valence-electron chi connectivity index (χ3n) is 3.49. The molecular formula is C14H19FOS. The first-order valence-electron chi connectivity index (χ1n) is 6.23. The Morgan fingerprint density at radius 3 is 2.29 bits per heavy atom. The normalized spacial score (nSPS) is 31.1. The maximum absolute atomic E-state index is 13.6. The van der Waals surface area contributed by atoms with E-state index in [1.807, 2.05) is 0 Å². The molecule has 0 radical (unpaired) electrons. The Morgan fingerprint density at radius 2 is 1.71 bits per heavy atom. The Morgan fingerprint density at radius 1 is 1.12 bits per heavy atom. The van der Waals surface area contributed by atoms with Crippen LogP contribution in [0, 0.1) is 17.7 Å². The summed E-state index contributed by atoms with van der Waals surface area (Å²) < 4.78 is 26.0. The molecular weight excluding hydrogens is 235 g/mol. The quantitative estimate of drug-likeness (QED) is 0.785. The fourth-order valence-electron chi connectivity index (χ4n) is 2.84. The maximum Gasteiger partial charge on any atom is 0.139 e. The lowest BCUT2D eigenvalue weighted by Crippen LogP contribution is -2.27. The minimum absolute atomic E-state index is 0.116. The van der Waals surface area contributed by atoms with E-state index in [1.54, 1.807) is 18.2 Å². The van der Waals surface area contributed by atoms with Crippen LogP contribution in [0.2, 0.25) is 0 Å². The lowest BCUT2D eigenvalue weighted by Gasteiger charge is -2.30. The standard InChI is InChI=1S/C14H19FOS/c1-10-7-11(2)9-12(8-10)17(16)14-6-4-3-5-13(14)15/h3-6,10-12H,7-9H2,1-2H3. The van der Waals surface area contributed by atoms with Crippen LogP contribution in [0.3, 0.4) is 0 Å². The van der Waals surface area contributed by atoms with Crippen LogP contribution in [0.1, 0.15) is 33.1 Å². The minimum Gasteiger partial charge on any atom is -0.254 e. The summed E-state index contributed by atoms with van der Waals surface area (Å²) in [5.41, 5.74) is 0. The molecule has 2 rings (SSSR count). The van der Waals surface area contributed by atoms with Gasteiger partial charge in [-0.2, -0.15) is 0 Å². The summed E-state index contributed by atoms with van der Waals surface area (Å²) >= 11 is 0. The van der Waals surface area contributed by atoms with Crippen molar-refractivity contribution in [2.75, 3.05) is 0 Å². The SMILES string of the molecule is CC1CC(C)CC(S(=O)c2ccccc2F)C1. The van der Waals surface area contributed by atoms with E-state index in [2.05, 4.69) is 13.8 Å². The molecule has 94 valence electrons. The van der Waals surface area contributed by atoms with Crippen molar-refractivity contribution < 1.29 is 8.60 Å². The summed E-state index contributed by atoms with van der Waals surface area (Å²) in [6.07, 6.45) is 3.10. The molecule has 17 heavy (non-hydrogen) atoms. The first-order chi connectivity index (χ1) is 8.08. The molecule has 3 unspecified atom stereocenters. The third kappa shape index (κ3) is 2.95. The van der Waals surface area contributed by atoms with Crippen molar-refractivity contribution in [1.29, 1.82) is 0 Å². The summed E-state index contributed by atoms with van der Waals surface area (Å²) in [5, 5.41) is 0.116. The van der Waals surface area contributed by atoms with Crippen LogP contribution >= 0.6 is 0 Å². The summed E-state index contributed by atoms with van der Waals surface area (Å²) in [5.74, 6) is 0.857. The number of halogens is 1. The second-order valence-corrected chi connectivity index (χ2v) is 6.97. The molecule has 3 atom stereocenters. The van der Waals surface area contributed by atoms with Gasteiger partial charge in [0.15, 0.2) is 0 Å². The van der Waals surface area contributed by atoms with Gasteiger partial charge >= 0.3 is 0 Å². The average molecular weight is 254 g/mol. The molecule has 0 bridgehead atoms. The highest BCUT2D eigenvalue weighted by Gasteiger charge is 2.29. The molecule has 0 heterocycles. The summed E-state index contributed by atoms with van der Waals surface area (Å²) in [7, 11) is -1.20. The van der Waals surface area contributed by atoms with E-state index in [-0.39, 0.29) is 11.1 Å². The van der Waals surface area contributed by atoms with Crippen LogP contribution in [-0.2, 0) is 10.8 Å². The van der Waals surface area contributed by atoms with Crippen molar-refractivity contribution in [3.05, 3.63) is 30.1 Å². The van der Waals surface area contributed by atoms with Gasteiger partial charge in [0.1, 0.15) is 5.82 Å². The number of benzene rings is 1. The van der Waals surface area contributed by atoms with Gasteiger partial charge in [-0.05, 0) is 43.2 Å². The second-order valence-electron chi connectivity index (χ2n) is 5.27. The molecule has 1 nitrogen and oxygen atoms in total. The fraction of sp³-hybridized carbons (Fsp3) is 0.571. The Labute approximate surface area is 105 Å². The van der Waals surface area contributed by atoms with E-state index in [9.17, 15) is 8.60 Å². The molecule has 1 saturated carbocycles. The third-order valence-corrected chi connectivity index (χ3v) is 5.25. The van der Waals surface area contributed by atoms with Crippen LogP contribution in [0.25, 0.3) is 0 Å². The van der Waals surface area contributed by atoms with E-state index < -0.39 is 10.8 Å². The zero-order valence-corrected chi connectivity index (χ0v) is 11.2. The molecule has 1 aliphatic carbocycles. The van der Waals surface area contributed by atoms with E-state index >= 15 is 0 Å². The topological polar surface area (TPSA) is 17.1 Å². The molecule has 0 aliphatic heterocycles. The molecule has 1 aliphatic rings. The number of hydrogen-bond donors (Lipinski definition) is 0. The molecule has 3 heteroatoms. The maximum atomic E-state index is 13.6. The minimum atomic E-state index is -1.20. The first-order valence-corrected chi connectivity index (χ1v) is 7.44. The van der Waals surface area contributed by atoms with Crippen molar-refractivity contribution in [2.24, 2.45) is 11.8 Å². The molecule has 1 aromatic rings. The number of hydrogen-bond acceptors (Lipinski definition) is 1. The van der Waals surface area contributed by atoms with Gasteiger partial charge in [0, 0.05) is 5.25 Å². The highest BCUT2D eigenvalue weighted by molar-refractivity contribution is 7.85. The molecule has 0 spiro atoms. The lowest BCUT2D eigenvalue weighted by atomic mass is 9.83. The molecule has 0 amide bonds. The molecule has 1 fully saturated rings. The smallest absolute Gasteiger partial charge is 0.139 e.